The van der Waals surface area contributed by atoms with E-state index >= 15 is 0 Å². The number of rotatable bonds is 8. The van der Waals surface area contributed by atoms with Crippen molar-refractivity contribution in [2.45, 2.75) is 24.8 Å². The van der Waals surface area contributed by atoms with E-state index in [-0.39, 0.29) is 11.7 Å². The van der Waals surface area contributed by atoms with Gasteiger partial charge < -0.3 is 24.4 Å². The van der Waals surface area contributed by atoms with Crippen molar-refractivity contribution in [2.75, 3.05) is 50.4 Å². The molecule has 2 aromatic heterocycles. The predicted octanol–water partition coefficient (Wildman–Crippen LogP) is 4.08. The second-order valence-corrected chi connectivity index (χ2v) is 9.71. The monoisotopic (exact) mass is 489 g/mol. The number of aromatic nitrogens is 3. The number of methoxy groups -OCH3 is 3. The fourth-order valence-electron chi connectivity index (χ4n) is 3.81. The number of carbonyl (C=O) groups is 1. The normalized spacial score (nSPS) is 16.0. The predicted molar refractivity (Wildman–Crippen MR) is 131 cm³/mol. The molecule has 1 fully saturated rings. The molecule has 1 aliphatic rings. The van der Waals surface area contributed by atoms with Crippen LogP contribution >= 0.6 is 23.1 Å². The van der Waals surface area contributed by atoms with Crippen LogP contribution in [-0.2, 0) is 4.79 Å². The zero-order valence-electron chi connectivity index (χ0n) is 19.1. The molecule has 176 valence electrons. The number of benzene rings is 1. The molecule has 1 N–H and O–H groups in total. The van der Waals surface area contributed by atoms with Gasteiger partial charge in [-0.05, 0) is 18.8 Å². The van der Waals surface area contributed by atoms with E-state index in [9.17, 15) is 4.79 Å². The Hall–Kier alpha value is -2.79. The topological polar surface area (TPSA) is 98.7 Å². The van der Waals surface area contributed by atoms with Crippen LogP contribution in [0, 0.1) is 5.92 Å². The Morgan fingerprint density at radius 2 is 1.97 bits per heavy atom. The van der Waals surface area contributed by atoms with Crippen molar-refractivity contribution in [1.82, 2.24) is 15.0 Å². The zero-order valence-corrected chi connectivity index (χ0v) is 20.7. The van der Waals surface area contributed by atoms with Crippen molar-refractivity contribution in [2.24, 2.45) is 5.92 Å². The fraction of sp³-hybridized carbons (Fsp3) is 0.455. The number of thiazole rings is 1. The Kier molecular flexibility index (Phi) is 7.39. The maximum Gasteiger partial charge on any atom is 0.234 e. The minimum atomic E-state index is -0.171. The summed E-state index contributed by atoms with van der Waals surface area (Å²) >= 11 is 2.96. The van der Waals surface area contributed by atoms with Gasteiger partial charge in [0.25, 0.3) is 0 Å². The standard InChI is InChI=1S/C22H27N5O4S2/c1-13-6-5-7-27(10-13)22-26-20-19(33-22)21(24-12-23-20)32-11-17(28)25-14-8-15(29-2)18(31-4)16(9-14)30-3/h8-9,12-13H,5-7,10-11H2,1-4H3,(H,25,28). The third-order valence-electron chi connectivity index (χ3n) is 5.36. The number of fused-ring (bicyclic) bond motifs is 1. The first-order valence-corrected chi connectivity index (χ1v) is 12.4. The number of anilines is 2. The van der Waals surface area contributed by atoms with Crippen molar-refractivity contribution in [3.63, 3.8) is 0 Å². The number of nitrogens with one attached hydrogen (secondary N) is 1. The van der Waals surface area contributed by atoms with E-state index in [1.807, 2.05) is 0 Å². The van der Waals surface area contributed by atoms with Gasteiger partial charge in [0.1, 0.15) is 16.1 Å². The highest BCUT2D eigenvalue weighted by Crippen LogP contribution is 2.40. The molecule has 0 bridgehead atoms. The molecule has 0 aliphatic carbocycles. The number of amides is 1. The van der Waals surface area contributed by atoms with Crippen molar-refractivity contribution < 1.29 is 19.0 Å². The highest BCUT2D eigenvalue weighted by Gasteiger charge is 2.21. The SMILES string of the molecule is COc1cc(NC(=O)CSc2ncnc3nc(N4CCCC(C)C4)sc23)cc(OC)c1OC. The maximum absolute atomic E-state index is 12.7. The first kappa shape index (κ1) is 23.4. The molecule has 3 heterocycles. The minimum absolute atomic E-state index is 0.171. The smallest absolute Gasteiger partial charge is 0.234 e. The van der Waals surface area contributed by atoms with Crippen molar-refractivity contribution in [1.29, 1.82) is 0 Å². The number of nitrogens with zero attached hydrogens (tertiary/aromatic N) is 4. The average molecular weight is 490 g/mol. The average Bonchev–Trinajstić information content (AvgIpc) is 3.27. The number of hydrogen-bond donors (Lipinski definition) is 1. The second-order valence-electron chi connectivity index (χ2n) is 7.77. The van der Waals surface area contributed by atoms with Crippen LogP contribution < -0.4 is 24.4 Å². The lowest BCUT2D eigenvalue weighted by Crippen LogP contribution is -2.34. The minimum Gasteiger partial charge on any atom is -0.493 e. The van der Waals surface area contributed by atoms with Gasteiger partial charge in [-0.15, -0.1) is 0 Å². The summed E-state index contributed by atoms with van der Waals surface area (Å²) in [4.78, 5) is 28.4. The molecular formula is C22H27N5O4S2. The van der Waals surface area contributed by atoms with Crippen LogP contribution in [0.5, 0.6) is 17.2 Å². The molecule has 33 heavy (non-hydrogen) atoms. The molecule has 3 aromatic rings. The van der Waals surface area contributed by atoms with E-state index in [0.29, 0.717) is 34.5 Å². The zero-order chi connectivity index (χ0) is 23.4. The van der Waals surface area contributed by atoms with Gasteiger partial charge in [-0.1, -0.05) is 30.0 Å². The molecule has 1 unspecified atom stereocenters. The number of carbonyl (C=O) groups excluding carboxylic acids is 1. The quantitative estimate of drug-likeness (QED) is 0.371. The van der Waals surface area contributed by atoms with Gasteiger partial charge in [-0.25, -0.2) is 9.97 Å². The summed E-state index contributed by atoms with van der Waals surface area (Å²) in [5, 5.41) is 4.61. The van der Waals surface area contributed by atoms with E-state index in [4.69, 9.17) is 19.2 Å². The van der Waals surface area contributed by atoms with Gasteiger partial charge in [0.15, 0.2) is 22.3 Å². The van der Waals surface area contributed by atoms with Crippen LogP contribution in [0.1, 0.15) is 19.8 Å². The van der Waals surface area contributed by atoms with E-state index < -0.39 is 0 Å². The van der Waals surface area contributed by atoms with Gasteiger partial charge in [-0.3, -0.25) is 4.79 Å². The summed E-state index contributed by atoms with van der Waals surface area (Å²) in [5.74, 6) is 2.10. The third kappa shape index (κ3) is 5.25. The number of thioether (sulfide) groups is 1. The van der Waals surface area contributed by atoms with Gasteiger partial charge in [0.2, 0.25) is 11.7 Å². The Balaban J connectivity index is 1.46. The molecule has 1 atom stereocenters. The molecule has 11 heteroatoms. The third-order valence-corrected chi connectivity index (χ3v) is 7.59. The Morgan fingerprint density at radius 3 is 2.64 bits per heavy atom. The van der Waals surface area contributed by atoms with E-state index in [2.05, 4.69) is 27.1 Å². The summed E-state index contributed by atoms with van der Waals surface area (Å²) in [7, 11) is 4.61. The lowest BCUT2D eigenvalue weighted by molar-refractivity contribution is -0.113. The lowest BCUT2D eigenvalue weighted by atomic mass is 10.0. The second kappa shape index (κ2) is 10.4. The van der Waals surface area contributed by atoms with Gasteiger partial charge in [0, 0.05) is 30.9 Å². The van der Waals surface area contributed by atoms with Crippen LogP contribution in [0.4, 0.5) is 10.8 Å². The maximum atomic E-state index is 12.7. The van der Waals surface area contributed by atoms with Crippen molar-refractivity contribution in [3.8, 4) is 17.2 Å². The molecular weight excluding hydrogens is 462 g/mol. The number of ether oxygens (including phenoxy) is 3. The molecule has 1 saturated heterocycles. The molecule has 1 amide bonds. The lowest BCUT2D eigenvalue weighted by Gasteiger charge is -2.30. The first-order valence-electron chi connectivity index (χ1n) is 10.6. The summed E-state index contributed by atoms with van der Waals surface area (Å²) in [6.07, 6.45) is 3.93. The molecule has 9 nitrogen and oxygen atoms in total. The summed E-state index contributed by atoms with van der Waals surface area (Å²) in [5.41, 5.74) is 1.23. The van der Waals surface area contributed by atoms with E-state index in [1.54, 1.807) is 23.5 Å². The van der Waals surface area contributed by atoms with Crippen LogP contribution in [-0.4, -0.2) is 61.0 Å². The number of piperidine rings is 1. The highest BCUT2D eigenvalue weighted by molar-refractivity contribution is 8.00. The highest BCUT2D eigenvalue weighted by atomic mass is 32.2. The first-order chi connectivity index (χ1) is 16.0. The summed E-state index contributed by atoms with van der Waals surface area (Å²) < 4.78 is 16.9. The van der Waals surface area contributed by atoms with Crippen LogP contribution in [0.3, 0.4) is 0 Å². The van der Waals surface area contributed by atoms with Crippen molar-refractivity contribution >= 4 is 50.2 Å². The summed E-state index contributed by atoms with van der Waals surface area (Å²) in [6.45, 7) is 4.29. The van der Waals surface area contributed by atoms with Gasteiger partial charge in [-0.2, -0.15) is 4.98 Å². The van der Waals surface area contributed by atoms with E-state index in [0.717, 1.165) is 27.9 Å². The van der Waals surface area contributed by atoms with Crippen molar-refractivity contribution in [3.05, 3.63) is 18.5 Å². The molecule has 0 radical (unpaired) electrons. The molecule has 0 spiro atoms. The van der Waals surface area contributed by atoms with Crippen LogP contribution in [0.15, 0.2) is 23.5 Å². The molecule has 1 aromatic carbocycles. The van der Waals surface area contributed by atoms with Gasteiger partial charge >= 0.3 is 0 Å². The fourth-order valence-corrected chi connectivity index (χ4v) is 5.73. The molecule has 4 rings (SSSR count). The van der Waals surface area contributed by atoms with Crippen LogP contribution in [0.2, 0.25) is 0 Å². The Bertz CT molecular complexity index is 1110. The summed E-state index contributed by atoms with van der Waals surface area (Å²) in [6, 6.07) is 3.39. The molecule has 1 aliphatic heterocycles. The number of hydrogen-bond acceptors (Lipinski definition) is 10. The Morgan fingerprint density at radius 1 is 1.21 bits per heavy atom. The van der Waals surface area contributed by atoms with E-state index in [1.165, 1.54) is 52.3 Å². The largest absolute Gasteiger partial charge is 0.493 e. The molecule has 0 saturated carbocycles. The Labute approximate surface area is 200 Å². The van der Waals surface area contributed by atoms with Gasteiger partial charge in [0.05, 0.1) is 27.1 Å². The van der Waals surface area contributed by atoms with Crippen LogP contribution in [0.25, 0.3) is 10.3 Å².